The number of ether oxygens (including phenoxy) is 3. The molecule has 2 amide bonds. The molecule has 1 aliphatic rings. The Morgan fingerprint density at radius 1 is 1.21 bits per heavy atom. The lowest BCUT2D eigenvalue weighted by Crippen LogP contribution is -2.63. The Kier molecular flexibility index (Phi) is 7.12. The van der Waals surface area contributed by atoms with Crippen molar-refractivity contribution in [2.24, 2.45) is 0 Å². The molecule has 16 heteroatoms. The van der Waals surface area contributed by atoms with Gasteiger partial charge < -0.3 is 19.7 Å². The van der Waals surface area contributed by atoms with Gasteiger partial charge in [0.2, 0.25) is 5.88 Å². The van der Waals surface area contributed by atoms with Gasteiger partial charge in [-0.25, -0.2) is 14.2 Å². The summed E-state index contributed by atoms with van der Waals surface area (Å²) in [5.41, 5.74) is -3.64. The first-order valence-corrected chi connectivity index (χ1v) is 10.3. The van der Waals surface area contributed by atoms with Gasteiger partial charge in [0.05, 0.1) is 41.0 Å². The molecule has 188 valence electrons. The van der Waals surface area contributed by atoms with Crippen molar-refractivity contribution in [2.75, 3.05) is 40.0 Å². The number of likely N-dealkylation sites (tertiary alicyclic amines) is 1. The molecule has 0 bridgehead atoms. The molecule has 1 fully saturated rings. The normalized spacial score (nSPS) is 15.7. The predicted molar refractivity (Wildman–Crippen MR) is 102 cm³/mol. The van der Waals surface area contributed by atoms with Crippen molar-refractivity contribution in [3.63, 3.8) is 0 Å². The quantitative estimate of drug-likeness (QED) is 0.443. The fourth-order valence-corrected chi connectivity index (χ4v) is 4.03. The molecule has 1 saturated heterocycles. The monoisotopic (exact) mass is 519 g/mol. The summed E-state index contributed by atoms with van der Waals surface area (Å²) < 4.78 is 104. The van der Waals surface area contributed by atoms with E-state index in [0.717, 1.165) is 4.90 Å². The molecular formula is C18H16F7N3O5S. The van der Waals surface area contributed by atoms with Gasteiger partial charge >= 0.3 is 18.6 Å². The fraction of sp³-hybridized carbons (Fsp3) is 0.500. The highest BCUT2D eigenvalue weighted by Crippen LogP contribution is 2.40. The third kappa shape index (κ3) is 5.97. The van der Waals surface area contributed by atoms with Crippen LogP contribution in [0.3, 0.4) is 0 Å². The molecule has 1 aliphatic heterocycles. The van der Waals surface area contributed by atoms with Crippen LogP contribution < -0.4 is 10.1 Å². The fourth-order valence-electron chi connectivity index (χ4n) is 3.00. The Labute approximate surface area is 190 Å². The van der Waals surface area contributed by atoms with Crippen molar-refractivity contribution in [1.82, 2.24) is 15.2 Å². The van der Waals surface area contributed by atoms with Crippen LogP contribution in [0.2, 0.25) is 0 Å². The van der Waals surface area contributed by atoms with E-state index in [1.165, 1.54) is 12.4 Å². The number of amides is 2. The van der Waals surface area contributed by atoms with Gasteiger partial charge in [-0.2, -0.15) is 13.2 Å². The van der Waals surface area contributed by atoms with Crippen LogP contribution in [0.5, 0.6) is 5.88 Å². The topological polar surface area (TPSA) is 90.0 Å². The summed E-state index contributed by atoms with van der Waals surface area (Å²) in [5.74, 6) is -1.24. The lowest BCUT2D eigenvalue weighted by atomic mass is 9.98. The van der Waals surface area contributed by atoms with E-state index >= 15 is 0 Å². The van der Waals surface area contributed by atoms with E-state index < -0.39 is 74.6 Å². The standard InChI is InChI=1S/C18H16F7N3O5S/c1-26-14(29)9-5-34-13-10(17(20,21)22)4-11(27-12(9)13)32-8-16(19)6-28(7-16)15(30)31-2-3-33-18(23,24)25/h4-5H,2-3,6-8H2,1H3,(H,26,29). The maximum absolute atomic E-state index is 14.7. The Morgan fingerprint density at radius 3 is 2.47 bits per heavy atom. The van der Waals surface area contributed by atoms with Crippen LogP contribution in [-0.4, -0.2) is 73.9 Å². The highest BCUT2D eigenvalue weighted by molar-refractivity contribution is 7.17. The van der Waals surface area contributed by atoms with Gasteiger partial charge in [-0.1, -0.05) is 0 Å². The summed E-state index contributed by atoms with van der Waals surface area (Å²) in [6.07, 6.45) is -10.8. The van der Waals surface area contributed by atoms with Gasteiger partial charge in [-0.15, -0.1) is 24.5 Å². The van der Waals surface area contributed by atoms with Crippen LogP contribution in [0.1, 0.15) is 15.9 Å². The Hall–Kier alpha value is -2.88. The zero-order valence-electron chi connectivity index (χ0n) is 17.2. The van der Waals surface area contributed by atoms with Crippen LogP contribution in [0.4, 0.5) is 35.5 Å². The highest BCUT2D eigenvalue weighted by atomic mass is 32.1. The zero-order chi connectivity index (χ0) is 25.3. The molecule has 1 N–H and O–H groups in total. The maximum atomic E-state index is 14.7. The number of rotatable bonds is 7. The van der Waals surface area contributed by atoms with E-state index in [-0.39, 0.29) is 15.8 Å². The minimum atomic E-state index is -4.89. The van der Waals surface area contributed by atoms with Crippen LogP contribution in [-0.2, 0) is 15.7 Å². The summed E-state index contributed by atoms with van der Waals surface area (Å²) in [4.78, 5) is 28.4. The number of aromatic nitrogens is 1. The van der Waals surface area contributed by atoms with Gasteiger partial charge in [0.25, 0.3) is 5.91 Å². The molecule has 0 radical (unpaired) electrons. The molecule has 0 unspecified atom stereocenters. The first-order chi connectivity index (χ1) is 15.7. The number of nitrogens with one attached hydrogen (secondary N) is 1. The molecule has 0 saturated carbocycles. The lowest BCUT2D eigenvalue weighted by Gasteiger charge is -2.42. The number of alkyl halides is 7. The number of carbonyl (C=O) groups is 2. The summed E-state index contributed by atoms with van der Waals surface area (Å²) in [7, 11) is 1.29. The summed E-state index contributed by atoms with van der Waals surface area (Å²) >= 11 is 0.670. The smallest absolute Gasteiger partial charge is 0.474 e. The predicted octanol–water partition coefficient (Wildman–Crippen LogP) is 3.75. The lowest BCUT2D eigenvalue weighted by molar-refractivity contribution is -0.326. The third-order valence-electron chi connectivity index (χ3n) is 4.54. The number of hydrogen-bond acceptors (Lipinski definition) is 7. The second-order valence-electron chi connectivity index (χ2n) is 7.12. The average Bonchev–Trinajstić information content (AvgIpc) is 3.14. The van der Waals surface area contributed by atoms with Crippen molar-refractivity contribution in [3.05, 3.63) is 22.6 Å². The van der Waals surface area contributed by atoms with Gasteiger partial charge in [-0.05, 0) is 0 Å². The van der Waals surface area contributed by atoms with Gasteiger partial charge in [0.1, 0.15) is 13.2 Å². The van der Waals surface area contributed by atoms with E-state index in [2.05, 4.69) is 19.8 Å². The molecule has 2 aromatic heterocycles. The minimum Gasteiger partial charge on any atom is -0.474 e. The Morgan fingerprint density at radius 2 is 1.88 bits per heavy atom. The van der Waals surface area contributed by atoms with Crippen LogP contribution >= 0.6 is 11.3 Å². The zero-order valence-corrected chi connectivity index (χ0v) is 18.0. The summed E-state index contributed by atoms with van der Waals surface area (Å²) in [6, 6.07) is 0.584. The molecule has 0 spiro atoms. The number of halogens is 7. The molecule has 8 nitrogen and oxygen atoms in total. The highest BCUT2D eigenvalue weighted by Gasteiger charge is 2.48. The van der Waals surface area contributed by atoms with E-state index in [0.29, 0.717) is 17.4 Å². The number of nitrogens with zero attached hydrogens (tertiary/aromatic N) is 2. The molecule has 0 atom stereocenters. The largest absolute Gasteiger partial charge is 0.522 e. The SMILES string of the molecule is CNC(=O)c1csc2c(C(F)(F)F)cc(OCC3(F)CN(C(=O)OCCOC(F)(F)F)C3)nc12. The first-order valence-electron chi connectivity index (χ1n) is 9.38. The van der Waals surface area contributed by atoms with Crippen molar-refractivity contribution >= 4 is 33.6 Å². The van der Waals surface area contributed by atoms with E-state index in [1.807, 2.05) is 0 Å². The minimum absolute atomic E-state index is 0.111. The van der Waals surface area contributed by atoms with E-state index in [1.54, 1.807) is 0 Å². The molecule has 0 aromatic carbocycles. The molecular weight excluding hydrogens is 503 g/mol. The second-order valence-corrected chi connectivity index (χ2v) is 8.00. The molecule has 3 rings (SSSR count). The number of thiophene rings is 1. The van der Waals surface area contributed by atoms with Crippen molar-refractivity contribution < 1.29 is 54.5 Å². The number of fused-ring (bicyclic) bond motifs is 1. The average molecular weight is 519 g/mol. The Bertz CT molecular complexity index is 1070. The summed E-state index contributed by atoms with van der Waals surface area (Å²) in [6.45, 7) is -3.57. The maximum Gasteiger partial charge on any atom is 0.522 e. The van der Waals surface area contributed by atoms with Crippen molar-refractivity contribution in [3.8, 4) is 5.88 Å². The second kappa shape index (κ2) is 9.40. The molecule has 34 heavy (non-hydrogen) atoms. The van der Waals surface area contributed by atoms with Crippen molar-refractivity contribution in [2.45, 2.75) is 18.2 Å². The Balaban J connectivity index is 1.63. The van der Waals surface area contributed by atoms with E-state index in [9.17, 15) is 40.3 Å². The van der Waals surface area contributed by atoms with Crippen molar-refractivity contribution in [1.29, 1.82) is 0 Å². The van der Waals surface area contributed by atoms with Gasteiger partial charge in [-0.3, -0.25) is 9.53 Å². The summed E-state index contributed by atoms with van der Waals surface area (Å²) in [5, 5.41) is 3.50. The molecule has 3 heterocycles. The third-order valence-corrected chi connectivity index (χ3v) is 5.54. The number of pyridine rings is 1. The number of hydrogen-bond donors (Lipinski definition) is 1. The van der Waals surface area contributed by atoms with Crippen LogP contribution in [0, 0.1) is 0 Å². The van der Waals surface area contributed by atoms with Gasteiger partial charge in [0, 0.05) is 18.5 Å². The van der Waals surface area contributed by atoms with Gasteiger partial charge in [0.15, 0.2) is 5.67 Å². The first kappa shape index (κ1) is 25.7. The molecule has 2 aromatic rings. The molecule has 0 aliphatic carbocycles. The van der Waals surface area contributed by atoms with Crippen LogP contribution in [0.25, 0.3) is 10.2 Å². The van der Waals surface area contributed by atoms with E-state index in [4.69, 9.17) is 4.74 Å². The number of carbonyl (C=O) groups excluding carboxylic acids is 2. The van der Waals surface area contributed by atoms with Crippen LogP contribution in [0.15, 0.2) is 11.4 Å².